The maximum atomic E-state index is 11.9. The first-order chi connectivity index (χ1) is 15.1. The lowest BCUT2D eigenvalue weighted by Gasteiger charge is -2.14. The van der Waals surface area contributed by atoms with Crippen LogP contribution < -0.4 is 38.2 Å². The molecule has 172 valence electrons. The van der Waals surface area contributed by atoms with Crippen LogP contribution in [0.2, 0.25) is 5.02 Å². The molecule has 0 aliphatic carbocycles. The summed E-state index contributed by atoms with van der Waals surface area (Å²) in [6, 6.07) is 13.3. The van der Waals surface area contributed by atoms with Crippen LogP contribution in [0.5, 0.6) is 11.5 Å². The first-order valence-electron chi connectivity index (χ1n) is 9.76. The highest BCUT2D eigenvalue weighted by molar-refractivity contribution is 6.30. The van der Waals surface area contributed by atoms with E-state index < -0.39 is 5.91 Å². The van der Waals surface area contributed by atoms with E-state index in [1.54, 1.807) is 0 Å². The quantitative estimate of drug-likeness (QED) is 0.322. The van der Waals surface area contributed by atoms with Crippen molar-refractivity contribution >= 4 is 23.3 Å². The van der Waals surface area contributed by atoms with Gasteiger partial charge in [-0.25, -0.2) is 4.63 Å². The third-order valence-corrected chi connectivity index (χ3v) is 4.51. The number of nitrogen functional groups attached to an aromatic ring is 1. The summed E-state index contributed by atoms with van der Waals surface area (Å²) in [4.78, 5) is 11.9. The number of amides is 1. The summed E-state index contributed by atoms with van der Waals surface area (Å²) in [5.74, 6) is 0.887. The van der Waals surface area contributed by atoms with Gasteiger partial charge in [0.05, 0.1) is 6.61 Å². The second-order valence-corrected chi connectivity index (χ2v) is 7.00. The predicted molar refractivity (Wildman–Crippen MR) is 116 cm³/mol. The van der Waals surface area contributed by atoms with Crippen LogP contribution in [0.4, 0.5) is 5.82 Å². The molecule has 2 aromatic carbocycles. The number of nitrogens with zero attached hydrogens (tertiary/aromatic N) is 2. The van der Waals surface area contributed by atoms with Gasteiger partial charge in [0.15, 0.2) is 11.5 Å². The average Bonchev–Trinajstić information content (AvgIpc) is 3.20. The molecule has 1 aromatic heterocycles. The molecule has 3 rings (SSSR count). The zero-order valence-electron chi connectivity index (χ0n) is 17.4. The zero-order valence-corrected chi connectivity index (χ0v) is 18.9. The van der Waals surface area contributed by atoms with Crippen molar-refractivity contribution in [3.05, 3.63) is 64.3 Å². The fourth-order valence-corrected chi connectivity index (χ4v) is 2.85. The summed E-state index contributed by atoms with van der Waals surface area (Å²) in [5, 5.41) is 13.5. The number of hydrogen-bond acceptors (Lipinski definition) is 8. The highest BCUT2D eigenvalue weighted by Gasteiger charge is 2.15. The first-order valence-corrected chi connectivity index (χ1v) is 10.1. The van der Waals surface area contributed by atoms with Crippen LogP contribution in [0.3, 0.4) is 0 Å². The molecule has 0 aliphatic rings. The standard InChI is InChI=1S/C21H24ClN5O4.ClH/c1-2-29-18-11-15(5-8-17(18)30-13-14-3-6-16(22)7-4-14)12-24-9-10-25-21(28)19-20(23)27-31-26-19;/h3-8,11,24H,2,9-10,12-13H2,1H3,(H2,23,27)(H,25,28);1H/p-1. The van der Waals surface area contributed by atoms with Gasteiger partial charge in [0.25, 0.3) is 5.91 Å². The molecular formula is C21H24Cl2N5O4-. The van der Waals surface area contributed by atoms with E-state index in [0.29, 0.717) is 49.4 Å². The molecule has 0 bridgehead atoms. The maximum absolute atomic E-state index is 11.9. The molecule has 0 atom stereocenters. The molecule has 1 heterocycles. The summed E-state index contributed by atoms with van der Waals surface area (Å²) < 4.78 is 16.1. The Kier molecular flexibility index (Phi) is 10.1. The molecule has 0 unspecified atom stereocenters. The molecule has 0 saturated carbocycles. The smallest absolute Gasteiger partial charge is 0.277 e. The Morgan fingerprint density at radius 1 is 1.06 bits per heavy atom. The van der Waals surface area contributed by atoms with Crippen LogP contribution in [0.15, 0.2) is 47.1 Å². The monoisotopic (exact) mass is 480 g/mol. The highest BCUT2D eigenvalue weighted by Crippen LogP contribution is 2.29. The van der Waals surface area contributed by atoms with Crippen LogP contribution in [-0.4, -0.2) is 35.9 Å². The van der Waals surface area contributed by atoms with Crippen LogP contribution >= 0.6 is 11.6 Å². The highest BCUT2D eigenvalue weighted by atomic mass is 35.5. The normalized spacial score (nSPS) is 10.3. The molecule has 32 heavy (non-hydrogen) atoms. The molecule has 0 aliphatic heterocycles. The summed E-state index contributed by atoms with van der Waals surface area (Å²) in [6.07, 6.45) is 0. The minimum Gasteiger partial charge on any atom is -1.00 e. The first kappa shape index (κ1) is 25.3. The molecule has 1 amide bonds. The number of carbonyl (C=O) groups excluding carboxylic acids is 1. The number of anilines is 1. The van der Waals surface area contributed by atoms with E-state index in [1.807, 2.05) is 49.4 Å². The van der Waals surface area contributed by atoms with Gasteiger partial charge in [-0.3, -0.25) is 4.79 Å². The zero-order chi connectivity index (χ0) is 22.1. The van der Waals surface area contributed by atoms with Gasteiger partial charge in [-0.05, 0) is 52.6 Å². The fraction of sp³-hybridized carbons (Fsp3) is 0.286. The second kappa shape index (κ2) is 12.7. The van der Waals surface area contributed by atoms with E-state index in [-0.39, 0.29) is 23.9 Å². The Morgan fingerprint density at radius 2 is 1.81 bits per heavy atom. The molecule has 0 fully saturated rings. The van der Waals surface area contributed by atoms with Gasteiger partial charge < -0.3 is 38.2 Å². The lowest BCUT2D eigenvalue weighted by atomic mass is 10.2. The van der Waals surface area contributed by atoms with Crippen molar-refractivity contribution in [3.8, 4) is 11.5 Å². The Balaban J connectivity index is 0.00000363. The lowest BCUT2D eigenvalue weighted by molar-refractivity contribution is -0.0000159. The number of nitrogens with one attached hydrogen (secondary N) is 2. The van der Waals surface area contributed by atoms with Crippen molar-refractivity contribution < 1.29 is 31.3 Å². The summed E-state index contributed by atoms with van der Waals surface area (Å²) in [6.45, 7) is 4.41. The Hall–Kier alpha value is -3.01. The van der Waals surface area contributed by atoms with Crippen molar-refractivity contribution in [3.63, 3.8) is 0 Å². The topological polar surface area (TPSA) is 125 Å². The lowest BCUT2D eigenvalue weighted by Crippen LogP contribution is -3.00. The van der Waals surface area contributed by atoms with Crippen LogP contribution in [0.25, 0.3) is 0 Å². The summed E-state index contributed by atoms with van der Waals surface area (Å²) >= 11 is 5.92. The Labute approximate surface area is 197 Å². The molecule has 11 heteroatoms. The third-order valence-electron chi connectivity index (χ3n) is 4.26. The van der Waals surface area contributed by atoms with Crippen molar-refractivity contribution in [2.75, 3.05) is 25.4 Å². The van der Waals surface area contributed by atoms with Gasteiger partial charge in [-0.1, -0.05) is 29.8 Å². The second-order valence-electron chi connectivity index (χ2n) is 6.56. The molecule has 0 saturated heterocycles. The van der Waals surface area contributed by atoms with Crippen LogP contribution in [-0.2, 0) is 13.2 Å². The minimum absolute atomic E-state index is 0. The van der Waals surface area contributed by atoms with Gasteiger partial charge in [0.1, 0.15) is 6.61 Å². The SMILES string of the molecule is CCOc1cc(CNCCNC(=O)c2nonc2N)ccc1OCc1ccc(Cl)cc1.[Cl-]. The molecule has 0 spiro atoms. The number of benzene rings is 2. The number of halogens is 2. The number of aromatic nitrogens is 2. The molecule has 0 radical (unpaired) electrons. The van der Waals surface area contributed by atoms with Crippen LogP contribution in [0, 0.1) is 0 Å². The summed E-state index contributed by atoms with van der Waals surface area (Å²) in [7, 11) is 0. The van der Waals surface area contributed by atoms with Crippen molar-refractivity contribution in [1.29, 1.82) is 0 Å². The number of hydrogen-bond donors (Lipinski definition) is 3. The van der Waals surface area contributed by atoms with Crippen molar-refractivity contribution in [1.82, 2.24) is 20.9 Å². The van der Waals surface area contributed by atoms with Gasteiger partial charge in [-0.2, -0.15) is 0 Å². The number of nitrogens with two attached hydrogens (primary N) is 1. The largest absolute Gasteiger partial charge is 1.00 e. The van der Waals surface area contributed by atoms with Gasteiger partial charge in [0, 0.05) is 24.7 Å². The predicted octanol–water partition coefficient (Wildman–Crippen LogP) is -0.193. The minimum atomic E-state index is -0.429. The van der Waals surface area contributed by atoms with E-state index in [0.717, 1.165) is 11.1 Å². The Bertz CT molecular complexity index is 998. The molecular weight excluding hydrogens is 457 g/mol. The third kappa shape index (κ3) is 7.30. The van der Waals surface area contributed by atoms with E-state index in [9.17, 15) is 4.79 Å². The number of ether oxygens (including phenoxy) is 2. The number of carbonyl (C=O) groups is 1. The van der Waals surface area contributed by atoms with Gasteiger partial charge in [0.2, 0.25) is 11.5 Å². The average molecular weight is 481 g/mol. The van der Waals surface area contributed by atoms with Gasteiger partial charge >= 0.3 is 0 Å². The number of rotatable bonds is 11. The van der Waals surface area contributed by atoms with Crippen molar-refractivity contribution in [2.24, 2.45) is 0 Å². The molecule has 9 nitrogen and oxygen atoms in total. The van der Waals surface area contributed by atoms with Crippen molar-refractivity contribution in [2.45, 2.75) is 20.1 Å². The fourth-order valence-electron chi connectivity index (χ4n) is 2.73. The van der Waals surface area contributed by atoms with Gasteiger partial charge in [-0.15, -0.1) is 0 Å². The Morgan fingerprint density at radius 3 is 2.50 bits per heavy atom. The molecule has 4 N–H and O–H groups in total. The van der Waals surface area contributed by atoms with E-state index in [2.05, 4.69) is 25.6 Å². The summed E-state index contributed by atoms with van der Waals surface area (Å²) in [5.41, 5.74) is 7.51. The molecule has 3 aromatic rings. The van der Waals surface area contributed by atoms with E-state index in [1.165, 1.54) is 0 Å². The van der Waals surface area contributed by atoms with E-state index >= 15 is 0 Å². The van der Waals surface area contributed by atoms with E-state index in [4.69, 9.17) is 26.8 Å². The maximum Gasteiger partial charge on any atom is 0.277 e. The van der Waals surface area contributed by atoms with Crippen LogP contribution in [0.1, 0.15) is 28.5 Å².